The van der Waals surface area contributed by atoms with Crippen molar-refractivity contribution in [3.63, 3.8) is 0 Å². The minimum atomic E-state index is -0.0998. The summed E-state index contributed by atoms with van der Waals surface area (Å²) < 4.78 is 7.13. The van der Waals surface area contributed by atoms with Crippen molar-refractivity contribution in [2.24, 2.45) is 0 Å². The van der Waals surface area contributed by atoms with Crippen LogP contribution < -0.4 is 0 Å². The van der Waals surface area contributed by atoms with Crippen LogP contribution in [-0.2, 0) is 0 Å². The average molecular weight is 319 g/mol. The van der Waals surface area contributed by atoms with Crippen LogP contribution >= 0.6 is 11.3 Å². The van der Waals surface area contributed by atoms with Gasteiger partial charge in [-0.05, 0) is 19.2 Å². The van der Waals surface area contributed by atoms with E-state index in [9.17, 15) is 5.11 Å². The van der Waals surface area contributed by atoms with Gasteiger partial charge in [-0.1, -0.05) is 11.3 Å². The normalized spacial score (nSPS) is 19.0. The van der Waals surface area contributed by atoms with Crippen LogP contribution in [0.15, 0.2) is 29.1 Å². The monoisotopic (exact) mass is 319 g/mol. The van der Waals surface area contributed by atoms with Gasteiger partial charge in [0, 0.05) is 26.2 Å². The minimum absolute atomic E-state index is 0.0998. The predicted molar refractivity (Wildman–Crippen MR) is 82.1 cm³/mol. The lowest BCUT2D eigenvalue weighted by Crippen LogP contribution is -2.46. The van der Waals surface area contributed by atoms with Crippen molar-refractivity contribution in [1.29, 1.82) is 0 Å². The number of hydrogen-bond donors (Lipinski definition) is 1. The van der Waals surface area contributed by atoms with Crippen LogP contribution in [0.2, 0.25) is 0 Å². The zero-order chi connectivity index (χ0) is 15.1. The maximum absolute atomic E-state index is 10.5. The van der Waals surface area contributed by atoms with Gasteiger partial charge in [0.1, 0.15) is 18.1 Å². The molecule has 3 aromatic rings. The van der Waals surface area contributed by atoms with Gasteiger partial charge in [-0.2, -0.15) is 9.61 Å². The van der Waals surface area contributed by atoms with Crippen LogP contribution in [0, 0.1) is 0 Å². The van der Waals surface area contributed by atoms with Crippen molar-refractivity contribution in [2.45, 2.75) is 6.04 Å². The highest BCUT2D eigenvalue weighted by Crippen LogP contribution is 2.39. The standard InChI is InChI=1S/C14H17N5O2S/c1-17-4-6-18(7-5-17)11(10-3-2-8-21-10)12-13(20)19-14(22-12)15-9-16-19/h2-3,8-9,11,20H,4-7H2,1H3/t11-/m1/s1. The lowest BCUT2D eigenvalue weighted by Gasteiger charge is -2.36. The number of rotatable bonds is 3. The van der Waals surface area contributed by atoms with Gasteiger partial charge >= 0.3 is 0 Å². The number of aromatic nitrogens is 3. The molecule has 4 heterocycles. The second-order valence-corrected chi connectivity index (χ2v) is 6.51. The zero-order valence-electron chi connectivity index (χ0n) is 12.2. The summed E-state index contributed by atoms with van der Waals surface area (Å²) in [5.74, 6) is 0.988. The Balaban J connectivity index is 1.77. The van der Waals surface area contributed by atoms with E-state index in [2.05, 4.69) is 26.9 Å². The zero-order valence-corrected chi connectivity index (χ0v) is 13.0. The van der Waals surface area contributed by atoms with E-state index in [4.69, 9.17) is 4.42 Å². The van der Waals surface area contributed by atoms with E-state index in [1.54, 1.807) is 6.26 Å². The van der Waals surface area contributed by atoms with Gasteiger partial charge < -0.3 is 14.4 Å². The summed E-state index contributed by atoms with van der Waals surface area (Å²) in [5, 5.41) is 14.6. The highest BCUT2D eigenvalue weighted by atomic mass is 32.1. The highest BCUT2D eigenvalue weighted by Gasteiger charge is 2.32. The lowest BCUT2D eigenvalue weighted by atomic mass is 10.1. The van der Waals surface area contributed by atoms with Crippen LogP contribution in [0.3, 0.4) is 0 Å². The molecule has 0 aliphatic carbocycles. The molecule has 0 aromatic carbocycles. The predicted octanol–water partition coefficient (Wildman–Crippen LogP) is 1.43. The number of hydrogen-bond acceptors (Lipinski definition) is 7. The Kier molecular flexibility index (Phi) is 3.36. The largest absolute Gasteiger partial charge is 0.492 e. The molecule has 0 saturated carbocycles. The van der Waals surface area contributed by atoms with Crippen molar-refractivity contribution in [3.8, 4) is 5.88 Å². The van der Waals surface area contributed by atoms with Crippen LogP contribution in [0.1, 0.15) is 16.7 Å². The Labute approximate surface area is 131 Å². The SMILES string of the molecule is CN1CCN([C@H](c2ccco2)c2sc3ncnn3c2O)CC1. The molecule has 0 spiro atoms. The molecule has 1 aliphatic heterocycles. The van der Waals surface area contributed by atoms with Crippen molar-refractivity contribution >= 4 is 16.3 Å². The number of likely N-dealkylation sites (N-methyl/N-ethyl adjacent to an activating group) is 1. The van der Waals surface area contributed by atoms with Gasteiger partial charge in [-0.25, -0.2) is 4.98 Å². The molecule has 0 unspecified atom stereocenters. The van der Waals surface area contributed by atoms with Crippen LogP contribution in [-0.4, -0.2) is 62.7 Å². The first-order chi connectivity index (χ1) is 10.7. The topological polar surface area (TPSA) is 70.0 Å². The number of fused-ring (bicyclic) bond motifs is 1. The van der Waals surface area contributed by atoms with Gasteiger partial charge in [0.15, 0.2) is 0 Å². The third kappa shape index (κ3) is 2.20. The van der Waals surface area contributed by atoms with Crippen molar-refractivity contribution in [3.05, 3.63) is 35.4 Å². The van der Waals surface area contributed by atoms with Gasteiger partial charge in [0.25, 0.3) is 0 Å². The van der Waals surface area contributed by atoms with E-state index in [0.717, 1.165) is 36.8 Å². The first-order valence-electron chi connectivity index (χ1n) is 7.21. The molecule has 0 bridgehead atoms. The maximum Gasteiger partial charge on any atom is 0.230 e. The molecule has 4 rings (SSSR count). The van der Waals surface area contributed by atoms with Gasteiger partial charge in [-0.3, -0.25) is 4.90 Å². The van der Waals surface area contributed by atoms with Crippen molar-refractivity contribution in [2.75, 3.05) is 33.2 Å². The van der Waals surface area contributed by atoms with E-state index in [1.807, 2.05) is 12.1 Å². The molecule has 0 amide bonds. The van der Waals surface area contributed by atoms with Crippen LogP contribution in [0.5, 0.6) is 5.88 Å². The Bertz CT molecular complexity index is 757. The number of furan rings is 1. The first-order valence-corrected chi connectivity index (χ1v) is 8.03. The summed E-state index contributed by atoms with van der Waals surface area (Å²) in [6.45, 7) is 3.85. The Morgan fingerprint density at radius 2 is 2.14 bits per heavy atom. The molecule has 1 aliphatic rings. The summed E-state index contributed by atoms with van der Waals surface area (Å²) >= 11 is 1.46. The minimum Gasteiger partial charge on any atom is -0.492 e. The summed E-state index contributed by atoms with van der Waals surface area (Å²) in [4.78, 5) is 10.3. The third-order valence-corrected chi connectivity index (χ3v) is 5.19. The molecule has 22 heavy (non-hydrogen) atoms. The second-order valence-electron chi connectivity index (χ2n) is 5.50. The van der Waals surface area contributed by atoms with E-state index in [0.29, 0.717) is 4.96 Å². The molecule has 1 atom stereocenters. The van der Waals surface area contributed by atoms with E-state index in [-0.39, 0.29) is 11.9 Å². The molecular weight excluding hydrogens is 302 g/mol. The lowest BCUT2D eigenvalue weighted by molar-refractivity contribution is 0.117. The fourth-order valence-electron chi connectivity index (χ4n) is 2.87. The second kappa shape index (κ2) is 5.38. The number of aromatic hydroxyl groups is 1. The van der Waals surface area contributed by atoms with E-state index in [1.165, 1.54) is 22.2 Å². The highest BCUT2D eigenvalue weighted by molar-refractivity contribution is 7.17. The number of piperazine rings is 1. The van der Waals surface area contributed by atoms with Gasteiger partial charge in [-0.15, -0.1) is 0 Å². The maximum atomic E-state index is 10.5. The van der Waals surface area contributed by atoms with Crippen LogP contribution in [0.4, 0.5) is 0 Å². The van der Waals surface area contributed by atoms with Gasteiger partial charge in [0.2, 0.25) is 10.8 Å². The summed E-state index contributed by atoms with van der Waals surface area (Å²) in [5.41, 5.74) is 0. The van der Waals surface area contributed by atoms with Crippen LogP contribution in [0.25, 0.3) is 4.96 Å². The fraction of sp³-hybridized carbons (Fsp3) is 0.429. The molecular formula is C14H17N5O2S. The summed E-state index contributed by atoms with van der Waals surface area (Å²) in [7, 11) is 2.12. The fourth-order valence-corrected chi connectivity index (χ4v) is 3.95. The molecule has 0 radical (unpaired) electrons. The molecule has 1 N–H and O–H groups in total. The Hall–Kier alpha value is -1.90. The van der Waals surface area contributed by atoms with E-state index < -0.39 is 0 Å². The van der Waals surface area contributed by atoms with Crippen molar-refractivity contribution in [1.82, 2.24) is 24.4 Å². The first kappa shape index (κ1) is 13.7. The van der Waals surface area contributed by atoms with Crippen molar-refractivity contribution < 1.29 is 9.52 Å². The Morgan fingerprint density at radius 1 is 1.32 bits per heavy atom. The summed E-state index contributed by atoms with van der Waals surface area (Å²) in [6, 6.07) is 3.74. The molecule has 116 valence electrons. The molecule has 8 heteroatoms. The Morgan fingerprint density at radius 3 is 2.82 bits per heavy atom. The summed E-state index contributed by atoms with van der Waals surface area (Å²) in [6.07, 6.45) is 3.12. The van der Waals surface area contributed by atoms with Gasteiger partial charge in [0.05, 0.1) is 11.1 Å². The molecule has 1 fully saturated rings. The molecule has 1 saturated heterocycles. The third-order valence-electron chi connectivity index (χ3n) is 4.10. The number of thiazole rings is 1. The molecule has 7 nitrogen and oxygen atoms in total. The quantitative estimate of drug-likeness (QED) is 0.787. The number of nitrogens with zero attached hydrogens (tertiary/aromatic N) is 5. The average Bonchev–Trinajstić information content (AvgIpc) is 3.23. The van der Waals surface area contributed by atoms with E-state index >= 15 is 0 Å². The molecule has 3 aromatic heterocycles. The smallest absolute Gasteiger partial charge is 0.230 e.